The summed E-state index contributed by atoms with van der Waals surface area (Å²) in [6.07, 6.45) is 1.65. The molecule has 3 rings (SSSR count). The number of nitrogens with one attached hydrogen (secondary N) is 1. The Morgan fingerprint density at radius 2 is 1.50 bits per heavy atom. The maximum Gasteiger partial charge on any atom is 0.215 e. The normalized spacial score (nSPS) is 17.5. The fraction of sp³-hybridized carbons (Fsp3) is 0.368. The molecule has 0 atom stereocenters. The first kappa shape index (κ1) is 17.1. The van der Waals surface area contributed by atoms with Crippen molar-refractivity contribution in [2.24, 2.45) is 0 Å². The molecule has 1 aliphatic heterocycles. The summed E-state index contributed by atoms with van der Waals surface area (Å²) < 4.78 is 33.3. The van der Waals surface area contributed by atoms with Crippen molar-refractivity contribution in [1.29, 1.82) is 0 Å². The largest absolute Gasteiger partial charge is 0.381 e. The number of rotatable bonds is 6. The van der Waals surface area contributed by atoms with Gasteiger partial charge in [-0.1, -0.05) is 60.7 Å². The fourth-order valence-electron chi connectivity index (χ4n) is 3.21. The minimum atomic E-state index is -3.37. The van der Waals surface area contributed by atoms with Crippen LogP contribution in [0, 0.1) is 0 Å². The molecule has 0 saturated carbocycles. The molecule has 0 unspecified atom stereocenters. The Kier molecular flexibility index (Phi) is 5.33. The van der Waals surface area contributed by atoms with E-state index in [-0.39, 0.29) is 11.2 Å². The summed E-state index contributed by atoms with van der Waals surface area (Å²) in [7, 11) is -3.37. The second-order valence-electron chi connectivity index (χ2n) is 6.32. The topological polar surface area (TPSA) is 55.4 Å². The first-order valence-electron chi connectivity index (χ1n) is 8.24. The second kappa shape index (κ2) is 7.47. The number of hydrogen-bond donors (Lipinski definition) is 1. The van der Waals surface area contributed by atoms with E-state index in [0.717, 1.165) is 18.4 Å². The Morgan fingerprint density at radius 1 is 0.917 bits per heavy atom. The Hall–Kier alpha value is -1.69. The predicted octanol–water partition coefficient (Wildman–Crippen LogP) is 2.85. The first-order chi connectivity index (χ1) is 11.6. The van der Waals surface area contributed by atoms with Crippen LogP contribution in [0.15, 0.2) is 60.7 Å². The molecule has 0 aromatic heterocycles. The van der Waals surface area contributed by atoms with Crippen LogP contribution >= 0.6 is 0 Å². The van der Waals surface area contributed by atoms with E-state index in [4.69, 9.17) is 4.74 Å². The molecular formula is C19H23NO3S. The highest BCUT2D eigenvalue weighted by molar-refractivity contribution is 7.88. The van der Waals surface area contributed by atoms with Gasteiger partial charge in [-0.2, -0.15) is 0 Å². The lowest BCUT2D eigenvalue weighted by atomic mass is 9.74. The molecule has 0 aliphatic carbocycles. The Labute approximate surface area is 143 Å². The number of ether oxygens (including phenoxy) is 1. The van der Waals surface area contributed by atoms with Crippen LogP contribution in [0.4, 0.5) is 0 Å². The highest BCUT2D eigenvalue weighted by atomic mass is 32.2. The Bertz CT molecular complexity index is 739. The lowest BCUT2D eigenvalue weighted by molar-refractivity contribution is 0.0517. The molecule has 0 radical (unpaired) electrons. The van der Waals surface area contributed by atoms with Crippen LogP contribution in [0.2, 0.25) is 0 Å². The van der Waals surface area contributed by atoms with Gasteiger partial charge in [0.2, 0.25) is 10.0 Å². The average Bonchev–Trinajstić information content (AvgIpc) is 2.62. The van der Waals surface area contributed by atoms with E-state index in [1.807, 2.05) is 48.5 Å². The van der Waals surface area contributed by atoms with E-state index < -0.39 is 10.0 Å². The summed E-state index contributed by atoms with van der Waals surface area (Å²) in [6, 6.07) is 19.4. The lowest BCUT2D eigenvalue weighted by Gasteiger charge is -2.37. The predicted molar refractivity (Wildman–Crippen MR) is 95.2 cm³/mol. The van der Waals surface area contributed by atoms with Gasteiger partial charge < -0.3 is 4.74 Å². The second-order valence-corrected chi connectivity index (χ2v) is 8.13. The van der Waals surface area contributed by atoms with E-state index in [9.17, 15) is 8.42 Å². The summed E-state index contributed by atoms with van der Waals surface area (Å²) >= 11 is 0. The first-order valence-corrected chi connectivity index (χ1v) is 9.89. The third-order valence-corrected chi connectivity index (χ3v) is 5.96. The molecule has 0 spiro atoms. The zero-order valence-electron chi connectivity index (χ0n) is 13.6. The zero-order chi connectivity index (χ0) is 16.9. The van der Waals surface area contributed by atoms with E-state index in [2.05, 4.69) is 16.9 Å². The van der Waals surface area contributed by atoms with Gasteiger partial charge in [-0.05, 0) is 24.0 Å². The highest BCUT2D eigenvalue weighted by Gasteiger charge is 2.35. The van der Waals surface area contributed by atoms with Gasteiger partial charge in [0.05, 0.1) is 5.75 Å². The number of hydrogen-bond acceptors (Lipinski definition) is 3. The summed E-state index contributed by atoms with van der Waals surface area (Å²) in [6.45, 7) is 1.74. The van der Waals surface area contributed by atoms with Gasteiger partial charge in [-0.3, -0.25) is 0 Å². The Morgan fingerprint density at radius 3 is 2.12 bits per heavy atom. The molecule has 0 amide bonds. The van der Waals surface area contributed by atoms with Crippen LogP contribution in [0.25, 0.3) is 0 Å². The van der Waals surface area contributed by atoms with Crippen molar-refractivity contribution in [3.63, 3.8) is 0 Å². The lowest BCUT2D eigenvalue weighted by Crippen LogP contribution is -2.44. The van der Waals surface area contributed by atoms with Crippen molar-refractivity contribution in [3.05, 3.63) is 71.8 Å². The van der Waals surface area contributed by atoms with Gasteiger partial charge in [0.25, 0.3) is 0 Å². The van der Waals surface area contributed by atoms with E-state index in [1.165, 1.54) is 5.56 Å². The average molecular weight is 345 g/mol. The molecule has 2 aromatic carbocycles. The van der Waals surface area contributed by atoms with Crippen molar-refractivity contribution < 1.29 is 13.2 Å². The van der Waals surface area contributed by atoms with Crippen LogP contribution in [-0.4, -0.2) is 28.2 Å². The van der Waals surface area contributed by atoms with Crippen LogP contribution in [0.5, 0.6) is 0 Å². The summed E-state index contributed by atoms with van der Waals surface area (Å²) in [5, 5.41) is 0. The van der Waals surface area contributed by atoms with Crippen molar-refractivity contribution in [3.8, 4) is 0 Å². The van der Waals surface area contributed by atoms with Crippen molar-refractivity contribution in [2.75, 3.05) is 19.8 Å². The van der Waals surface area contributed by atoms with Gasteiger partial charge in [0.1, 0.15) is 0 Å². The highest BCUT2D eigenvalue weighted by Crippen LogP contribution is 2.34. The molecule has 4 nitrogen and oxygen atoms in total. The van der Waals surface area contributed by atoms with Crippen molar-refractivity contribution in [2.45, 2.75) is 24.0 Å². The number of benzene rings is 2. The molecule has 1 heterocycles. The van der Waals surface area contributed by atoms with Gasteiger partial charge in [0, 0.05) is 25.2 Å². The van der Waals surface area contributed by atoms with E-state index in [0.29, 0.717) is 19.8 Å². The molecule has 24 heavy (non-hydrogen) atoms. The van der Waals surface area contributed by atoms with Gasteiger partial charge in [-0.25, -0.2) is 13.1 Å². The molecule has 1 fully saturated rings. The van der Waals surface area contributed by atoms with Gasteiger partial charge >= 0.3 is 0 Å². The van der Waals surface area contributed by atoms with Crippen LogP contribution in [-0.2, 0) is 25.9 Å². The summed E-state index contributed by atoms with van der Waals surface area (Å²) in [4.78, 5) is 0. The summed E-state index contributed by atoms with van der Waals surface area (Å²) in [5.41, 5.74) is 1.78. The van der Waals surface area contributed by atoms with Gasteiger partial charge in [0.15, 0.2) is 0 Å². The smallest absolute Gasteiger partial charge is 0.215 e. The molecular weight excluding hydrogens is 322 g/mol. The minimum Gasteiger partial charge on any atom is -0.381 e. The van der Waals surface area contributed by atoms with Crippen molar-refractivity contribution in [1.82, 2.24) is 4.72 Å². The minimum absolute atomic E-state index is 0.00914. The monoisotopic (exact) mass is 345 g/mol. The molecule has 5 heteroatoms. The molecule has 0 bridgehead atoms. The molecule has 128 valence electrons. The van der Waals surface area contributed by atoms with Crippen LogP contribution in [0.1, 0.15) is 24.0 Å². The van der Waals surface area contributed by atoms with E-state index >= 15 is 0 Å². The molecule has 1 saturated heterocycles. The molecule has 1 N–H and O–H groups in total. The number of sulfonamides is 1. The van der Waals surface area contributed by atoms with Crippen LogP contribution in [0.3, 0.4) is 0 Å². The van der Waals surface area contributed by atoms with Gasteiger partial charge in [-0.15, -0.1) is 0 Å². The Balaban J connectivity index is 1.74. The maximum atomic E-state index is 12.5. The summed E-state index contributed by atoms with van der Waals surface area (Å²) in [5.74, 6) is 0.00914. The maximum absolute atomic E-state index is 12.5. The van der Waals surface area contributed by atoms with Crippen LogP contribution < -0.4 is 4.72 Å². The fourth-order valence-corrected chi connectivity index (χ4v) is 4.44. The third-order valence-electron chi connectivity index (χ3n) is 4.67. The molecule has 2 aromatic rings. The van der Waals surface area contributed by atoms with Crippen molar-refractivity contribution >= 4 is 10.0 Å². The quantitative estimate of drug-likeness (QED) is 0.876. The zero-order valence-corrected chi connectivity index (χ0v) is 14.5. The standard InChI is InChI=1S/C19H23NO3S/c21-24(22,15-17-7-3-1-4-8-17)20-16-19(11-13-23-14-12-19)18-9-5-2-6-10-18/h1-10,20H,11-16H2. The van der Waals surface area contributed by atoms with E-state index in [1.54, 1.807) is 0 Å². The molecule has 1 aliphatic rings. The SMILES string of the molecule is O=S(=O)(Cc1ccccc1)NCC1(c2ccccc2)CCOCC1. The third kappa shape index (κ3) is 4.23.